The first-order chi connectivity index (χ1) is 7.90. The van der Waals surface area contributed by atoms with Crippen LogP contribution in [0.1, 0.15) is 5.56 Å². The summed E-state index contributed by atoms with van der Waals surface area (Å²) in [7, 11) is 0. The van der Waals surface area contributed by atoms with Gasteiger partial charge in [-0.3, -0.25) is 9.97 Å². The highest BCUT2D eigenvalue weighted by atomic mass is 14.7. The molecule has 1 aromatic carbocycles. The molecule has 0 atom stereocenters. The largest absolute Gasteiger partial charge is 0.254 e. The van der Waals surface area contributed by atoms with Crippen LogP contribution in [-0.2, 0) is 0 Å². The third-order valence-corrected chi connectivity index (χ3v) is 2.58. The minimum atomic E-state index is 0.642. The summed E-state index contributed by atoms with van der Waals surface area (Å²) >= 11 is 0. The predicted molar refractivity (Wildman–Crippen MR) is 61.8 cm³/mol. The van der Waals surface area contributed by atoms with Crippen molar-refractivity contribution in [1.29, 1.82) is 5.26 Å². The van der Waals surface area contributed by atoms with Crippen LogP contribution in [0.5, 0.6) is 0 Å². The molecule has 0 spiro atoms. The number of rotatable bonds is 0. The number of hydrogen-bond acceptors (Lipinski definition) is 3. The van der Waals surface area contributed by atoms with Gasteiger partial charge in [0, 0.05) is 23.2 Å². The first-order valence-electron chi connectivity index (χ1n) is 4.93. The van der Waals surface area contributed by atoms with Crippen molar-refractivity contribution >= 4 is 21.8 Å². The van der Waals surface area contributed by atoms with Gasteiger partial charge in [0.25, 0.3) is 0 Å². The molecule has 2 aromatic heterocycles. The van der Waals surface area contributed by atoms with E-state index in [0.717, 1.165) is 21.8 Å². The van der Waals surface area contributed by atoms with Gasteiger partial charge in [0.1, 0.15) is 0 Å². The highest BCUT2D eigenvalue weighted by Crippen LogP contribution is 2.24. The normalized spacial score (nSPS) is 10.4. The number of nitriles is 1. The van der Waals surface area contributed by atoms with Gasteiger partial charge in [-0.25, -0.2) is 0 Å². The van der Waals surface area contributed by atoms with Gasteiger partial charge in [-0.05, 0) is 24.3 Å². The van der Waals surface area contributed by atoms with E-state index >= 15 is 0 Å². The van der Waals surface area contributed by atoms with Gasteiger partial charge in [-0.1, -0.05) is 6.07 Å². The van der Waals surface area contributed by atoms with Crippen molar-refractivity contribution in [2.45, 2.75) is 0 Å². The van der Waals surface area contributed by atoms with Crippen molar-refractivity contribution < 1.29 is 0 Å². The summed E-state index contributed by atoms with van der Waals surface area (Å²) in [6, 6.07) is 11.6. The Kier molecular flexibility index (Phi) is 1.81. The number of pyridine rings is 2. The van der Waals surface area contributed by atoms with Gasteiger partial charge in [0.2, 0.25) is 0 Å². The fourth-order valence-corrected chi connectivity index (χ4v) is 1.87. The van der Waals surface area contributed by atoms with Crippen molar-refractivity contribution in [1.82, 2.24) is 9.97 Å². The molecule has 0 radical (unpaired) electrons. The molecule has 2 heterocycles. The minimum Gasteiger partial charge on any atom is -0.254 e. The maximum absolute atomic E-state index is 9.10. The molecule has 74 valence electrons. The lowest BCUT2D eigenvalue weighted by Gasteiger charge is -2.03. The second-order valence-electron chi connectivity index (χ2n) is 3.51. The standard InChI is InChI=1S/C13H7N3/c14-8-10-7-9-3-1-5-15-12(9)13-11(10)4-2-6-16-13/h1-7H. The van der Waals surface area contributed by atoms with Crippen LogP contribution in [0, 0.1) is 11.3 Å². The third-order valence-electron chi connectivity index (χ3n) is 2.58. The summed E-state index contributed by atoms with van der Waals surface area (Å²) in [6.45, 7) is 0. The summed E-state index contributed by atoms with van der Waals surface area (Å²) in [6.07, 6.45) is 3.46. The van der Waals surface area contributed by atoms with E-state index in [1.807, 2.05) is 30.3 Å². The molecule has 0 saturated heterocycles. The van der Waals surface area contributed by atoms with E-state index in [9.17, 15) is 0 Å². The molecule has 3 heteroatoms. The van der Waals surface area contributed by atoms with Crippen LogP contribution < -0.4 is 0 Å². The Morgan fingerprint density at radius 2 is 1.75 bits per heavy atom. The zero-order valence-corrected chi connectivity index (χ0v) is 8.38. The number of nitrogens with zero attached hydrogens (tertiary/aromatic N) is 3. The van der Waals surface area contributed by atoms with E-state index in [2.05, 4.69) is 16.0 Å². The molecule has 0 amide bonds. The molecular weight excluding hydrogens is 198 g/mol. The summed E-state index contributed by atoms with van der Waals surface area (Å²) in [5, 5.41) is 10.9. The Hall–Kier alpha value is -2.47. The summed E-state index contributed by atoms with van der Waals surface area (Å²) in [5.41, 5.74) is 2.28. The number of hydrogen-bond donors (Lipinski definition) is 0. The third kappa shape index (κ3) is 1.14. The SMILES string of the molecule is N#Cc1cc2cccnc2c2ncccc12. The smallest absolute Gasteiger partial charge is 0.0999 e. The molecule has 0 saturated carbocycles. The molecule has 0 aliphatic rings. The molecular formula is C13H7N3. The number of aromatic nitrogens is 2. The van der Waals surface area contributed by atoms with E-state index in [-0.39, 0.29) is 0 Å². The molecule has 3 rings (SSSR count). The van der Waals surface area contributed by atoms with Crippen molar-refractivity contribution in [3.05, 3.63) is 48.3 Å². The van der Waals surface area contributed by atoms with Crippen molar-refractivity contribution in [3.63, 3.8) is 0 Å². The van der Waals surface area contributed by atoms with Crippen LogP contribution in [0.4, 0.5) is 0 Å². The second kappa shape index (κ2) is 3.28. The van der Waals surface area contributed by atoms with Crippen molar-refractivity contribution in [2.75, 3.05) is 0 Å². The van der Waals surface area contributed by atoms with E-state index in [1.54, 1.807) is 12.4 Å². The number of fused-ring (bicyclic) bond motifs is 3. The highest BCUT2D eigenvalue weighted by Gasteiger charge is 2.06. The van der Waals surface area contributed by atoms with E-state index in [0.29, 0.717) is 5.56 Å². The first kappa shape index (κ1) is 8.81. The van der Waals surface area contributed by atoms with Crippen molar-refractivity contribution in [2.24, 2.45) is 0 Å². The fraction of sp³-hybridized carbons (Fsp3) is 0. The van der Waals surface area contributed by atoms with Crippen LogP contribution in [0.15, 0.2) is 42.7 Å². The molecule has 16 heavy (non-hydrogen) atoms. The minimum absolute atomic E-state index is 0.642. The lowest BCUT2D eigenvalue weighted by molar-refractivity contribution is 1.37. The molecule has 0 bridgehead atoms. The molecule has 0 aliphatic heterocycles. The Balaban J connectivity index is 2.64. The Morgan fingerprint density at radius 3 is 2.56 bits per heavy atom. The quantitative estimate of drug-likeness (QED) is 0.530. The maximum atomic E-state index is 9.10. The Morgan fingerprint density at radius 1 is 1.00 bits per heavy atom. The van der Waals surface area contributed by atoms with Gasteiger partial charge < -0.3 is 0 Å². The van der Waals surface area contributed by atoms with E-state index < -0.39 is 0 Å². The van der Waals surface area contributed by atoms with Crippen LogP contribution in [0.25, 0.3) is 21.8 Å². The summed E-state index contributed by atoms with van der Waals surface area (Å²) in [4.78, 5) is 8.62. The fourth-order valence-electron chi connectivity index (χ4n) is 1.87. The Labute approximate surface area is 92.0 Å². The van der Waals surface area contributed by atoms with Crippen LogP contribution in [0.2, 0.25) is 0 Å². The first-order valence-corrected chi connectivity index (χ1v) is 4.93. The van der Waals surface area contributed by atoms with Crippen molar-refractivity contribution in [3.8, 4) is 6.07 Å². The summed E-state index contributed by atoms with van der Waals surface area (Å²) < 4.78 is 0. The van der Waals surface area contributed by atoms with Gasteiger partial charge in [-0.2, -0.15) is 5.26 Å². The molecule has 0 unspecified atom stereocenters. The van der Waals surface area contributed by atoms with Gasteiger partial charge in [0.05, 0.1) is 22.7 Å². The second-order valence-corrected chi connectivity index (χ2v) is 3.51. The van der Waals surface area contributed by atoms with E-state index in [1.165, 1.54) is 0 Å². The zero-order valence-electron chi connectivity index (χ0n) is 8.38. The maximum Gasteiger partial charge on any atom is 0.0999 e. The van der Waals surface area contributed by atoms with Gasteiger partial charge in [-0.15, -0.1) is 0 Å². The molecule has 0 N–H and O–H groups in total. The number of benzene rings is 1. The van der Waals surface area contributed by atoms with Gasteiger partial charge in [0.15, 0.2) is 0 Å². The molecule has 0 aliphatic carbocycles. The van der Waals surface area contributed by atoms with E-state index in [4.69, 9.17) is 5.26 Å². The lowest BCUT2D eigenvalue weighted by atomic mass is 10.1. The van der Waals surface area contributed by atoms with Crippen LogP contribution >= 0.6 is 0 Å². The molecule has 3 nitrogen and oxygen atoms in total. The average Bonchev–Trinajstić information content (AvgIpc) is 2.38. The predicted octanol–water partition coefficient (Wildman–Crippen LogP) is 2.65. The van der Waals surface area contributed by atoms with Crippen LogP contribution in [0.3, 0.4) is 0 Å². The average molecular weight is 205 g/mol. The molecule has 0 fully saturated rings. The Bertz CT molecular complexity index is 726. The van der Waals surface area contributed by atoms with Gasteiger partial charge >= 0.3 is 0 Å². The summed E-state index contributed by atoms with van der Waals surface area (Å²) in [5.74, 6) is 0. The lowest BCUT2D eigenvalue weighted by Crippen LogP contribution is -1.87. The van der Waals surface area contributed by atoms with Crippen LogP contribution in [-0.4, -0.2) is 9.97 Å². The topological polar surface area (TPSA) is 49.6 Å². The molecule has 3 aromatic rings. The monoisotopic (exact) mass is 205 g/mol. The zero-order chi connectivity index (χ0) is 11.0. The highest BCUT2D eigenvalue weighted by molar-refractivity contribution is 6.05.